The number of nitrogens with zero attached hydrogens (tertiary/aromatic N) is 2. The summed E-state index contributed by atoms with van der Waals surface area (Å²) in [4.78, 5) is 33.8. The smallest absolute Gasteiger partial charge is 0.289 e. The van der Waals surface area contributed by atoms with Crippen molar-refractivity contribution in [3.05, 3.63) is 77.7 Å². The van der Waals surface area contributed by atoms with Gasteiger partial charge in [0, 0.05) is 17.4 Å². The van der Waals surface area contributed by atoms with E-state index in [1.54, 1.807) is 6.20 Å². The van der Waals surface area contributed by atoms with Gasteiger partial charge in [0.2, 0.25) is 11.7 Å². The molecule has 1 aromatic heterocycles. The minimum absolute atomic E-state index is 0.0546. The molecule has 0 saturated heterocycles. The minimum atomic E-state index is -0.634. The minimum Gasteiger partial charge on any atom is -0.337 e. The molecule has 2 heterocycles. The lowest BCUT2D eigenvalue weighted by Gasteiger charge is -2.15. The van der Waals surface area contributed by atoms with Crippen LogP contribution in [0, 0.1) is 6.92 Å². The van der Waals surface area contributed by atoms with Crippen LogP contribution in [0.25, 0.3) is 11.3 Å². The number of aromatic nitrogens is 2. The lowest BCUT2D eigenvalue weighted by atomic mass is 10.1. The number of nitrogens with one attached hydrogen (secondary N) is 2. The summed E-state index contributed by atoms with van der Waals surface area (Å²) >= 11 is 0. The Labute approximate surface area is 163 Å². The largest absolute Gasteiger partial charge is 0.337 e. The number of fused-ring (bicyclic) bond motifs is 1. The molecule has 0 bridgehead atoms. The molecule has 2 amide bonds. The van der Waals surface area contributed by atoms with Crippen LogP contribution in [0.3, 0.4) is 0 Å². The van der Waals surface area contributed by atoms with Crippen LogP contribution in [0.1, 0.15) is 28.2 Å². The fraction of sp³-hybridized carbons (Fsp3) is 0.182. The van der Waals surface area contributed by atoms with Gasteiger partial charge in [-0.15, -0.1) is 0 Å². The summed E-state index contributed by atoms with van der Waals surface area (Å²) in [5, 5.41) is 5.66. The summed E-state index contributed by atoms with van der Waals surface area (Å²) < 4.78 is 0. The van der Waals surface area contributed by atoms with Crippen molar-refractivity contribution in [2.24, 2.45) is 0 Å². The van der Waals surface area contributed by atoms with Gasteiger partial charge >= 0.3 is 0 Å². The van der Waals surface area contributed by atoms with Crippen LogP contribution >= 0.6 is 0 Å². The van der Waals surface area contributed by atoms with Gasteiger partial charge in [-0.1, -0.05) is 48.5 Å². The fourth-order valence-electron chi connectivity index (χ4n) is 3.31. The third kappa shape index (κ3) is 3.62. The Morgan fingerprint density at radius 3 is 2.68 bits per heavy atom. The molecule has 2 aromatic carbocycles. The van der Waals surface area contributed by atoms with Gasteiger partial charge in [-0.2, -0.15) is 0 Å². The van der Waals surface area contributed by atoms with Crippen molar-refractivity contribution in [2.75, 3.05) is 5.32 Å². The van der Waals surface area contributed by atoms with Gasteiger partial charge in [-0.3, -0.25) is 9.59 Å². The first-order chi connectivity index (χ1) is 13.6. The standard InChI is InChI=1S/C22H20N4O2/c1-14-13-23-20(26-19(14)16-8-3-2-4-9-16)22(28)25-18-12-11-15-7-5-6-10-17(15)24-21(18)27/h2-10,13,18H,11-12H2,1H3,(H,24,27)(H,25,28). The summed E-state index contributed by atoms with van der Waals surface area (Å²) in [5.41, 5.74) is 4.36. The van der Waals surface area contributed by atoms with Gasteiger partial charge in [-0.25, -0.2) is 9.97 Å². The number of benzene rings is 2. The SMILES string of the molecule is Cc1cnc(C(=O)NC2CCc3ccccc3NC2=O)nc1-c1ccccc1. The van der Waals surface area contributed by atoms with Crippen molar-refractivity contribution in [2.45, 2.75) is 25.8 Å². The van der Waals surface area contributed by atoms with E-state index in [4.69, 9.17) is 0 Å². The zero-order chi connectivity index (χ0) is 19.5. The molecule has 1 aliphatic rings. The maximum absolute atomic E-state index is 12.7. The van der Waals surface area contributed by atoms with Crippen LogP contribution in [0.15, 0.2) is 60.8 Å². The molecule has 2 N–H and O–H groups in total. The highest BCUT2D eigenvalue weighted by Gasteiger charge is 2.26. The molecule has 6 heteroatoms. The second-order valence-corrected chi connectivity index (χ2v) is 6.80. The van der Waals surface area contributed by atoms with E-state index in [9.17, 15) is 9.59 Å². The Balaban J connectivity index is 1.54. The second kappa shape index (κ2) is 7.60. The highest BCUT2D eigenvalue weighted by molar-refractivity contribution is 6.00. The number of amides is 2. The first-order valence-electron chi connectivity index (χ1n) is 9.20. The van der Waals surface area contributed by atoms with Gasteiger partial charge < -0.3 is 10.6 Å². The Hall–Kier alpha value is -3.54. The maximum Gasteiger partial charge on any atom is 0.289 e. The molecular formula is C22H20N4O2. The molecule has 0 fully saturated rings. The molecule has 0 saturated carbocycles. The van der Waals surface area contributed by atoms with E-state index in [2.05, 4.69) is 20.6 Å². The zero-order valence-electron chi connectivity index (χ0n) is 15.5. The van der Waals surface area contributed by atoms with E-state index in [0.29, 0.717) is 18.5 Å². The van der Waals surface area contributed by atoms with Gasteiger partial charge in [0.25, 0.3) is 5.91 Å². The first kappa shape index (κ1) is 17.9. The van der Waals surface area contributed by atoms with Gasteiger partial charge in [0.05, 0.1) is 5.69 Å². The van der Waals surface area contributed by atoms with Crippen LogP contribution in [-0.4, -0.2) is 27.8 Å². The molecule has 1 unspecified atom stereocenters. The molecule has 0 spiro atoms. The number of para-hydroxylation sites is 1. The summed E-state index contributed by atoms with van der Waals surface area (Å²) in [6.07, 6.45) is 2.85. The van der Waals surface area contributed by atoms with E-state index >= 15 is 0 Å². The van der Waals surface area contributed by atoms with Crippen LogP contribution in [0.2, 0.25) is 0 Å². The zero-order valence-corrected chi connectivity index (χ0v) is 15.5. The predicted octanol–water partition coefficient (Wildman–Crippen LogP) is 3.14. The highest BCUT2D eigenvalue weighted by atomic mass is 16.2. The van der Waals surface area contributed by atoms with Crippen molar-refractivity contribution >= 4 is 17.5 Å². The summed E-state index contributed by atoms with van der Waals surface area (Å²) in [7, 11) is 0. The van der Waals surface area contributed by atoms with E-state index < -0.39 is 11.9 Å². The molecule has 140 valence electrons. The molecule has 1 aliphatic heterocycles. The average molecular weight is 372 g/mol. The number of carbonyl (C=O) groups excluding carboxylic acids is 2. The number of hydrogen-bond acceptors (Lipinski definition) is 4. The summed E-state index contributed by atoms with van der Waals surface area (Å²) in [6.45, 7) is 1.90. The summed E-state index contributed by atoms with van der Waals surface area (Å²) in [6, 6.07) is 16.7. The van der Waals surface area contributed by atoms with Crippen molar-refractivity contribution in [3.8, 4) is 11.3 Å². The van der Waals surface area contributed by atoms with Crippen LogP contribution in [0.5, 0.6) is 0 Å². The summed E-state index contributed by atoms with van der Waals surface area (Å²) in [5.74, 6) is -0.629. The van der Waals surface area contributed by atoms with Crippen molar-refractivity contribution in [3.63, 3.8) is 0 Å². The quantitative estimate of drug-likeness (QED) is 0.740. The van der Waals surface area contributed by atoms with Gasteiger partial charge in [-0.05, 0) is 37.0 Å². The van der Waals surface area contributed by atoms with Crippen LogP contribution < -0.4 is 10.6 Å². The molecule has 28 heavy (non-hydrogen) atoms. The normalized spacial score (nSPS) is 15.9. The fourth-order valence-corrected chi connectivity index (χ4v) is 3.31. The number of hydrogen-bond donors (Lipinski definition) is 2. The van der Waals surface area contributed by atoms with Crippen LogP contribution in [-0.2, 0) is 11.2 Å². The number of aryl methyl sites for hydroxylation is 2. The predicted molar refractivity (Wildman–Crippen MR) is 107 cm³/mol. The van der Waals surface area contributed by atoms with Crippen molar-refractivity contribution < 1.29 is 9.59 Å². The van der Waals surface area contributed by atoms with Crippen LogP contribution in [0.4, 0.5) is 5.69 Å². The van der Waals surface area contributed by atoms with E-state index in [1.807, 2.05) is 61.5 Å². The molecule has 3 aromatic rings. The highest BCUT2D eigenvalue weighted by Crippen LogP contribution is 2.22. The average Bonchev–Trinajstić information content (AvgIpc) is 2.87. The molecule has 6 nitrogen and oxygen atoms in total. The number of anilines is 1. The molecule has 0 radical (unpaired) electrons. The van der Waals surface area contributed by atoms with E-state index in [1.165, 1.54) is 0 Å². The Bertz CT molecular complexity index is 1030. The first-order valence-corrected chi connectivity index (χ1v) is 9.20. The maximum atomic E-state index is 12.7. The van der Waals surface area contributed by atoms with E-state index in [-0.39, 0.29) is 11.7 Å². The molecule has 0 aliphatic carbocycles. The second-order valence-electron chi connectivity index (χ2n) is 6.80. The monoisotopic (exact) mass is 372 g/mol. The Morgan fingerprint density at radius 2 is 1.86 bits per heavy atom. The Kier molecular flexibility index (Phi) is 4.85. The molecule has 4 rings (SSSR count). The van der Waals surface area contributed by atoms with Crippen molar-refractivity contribution in [1.82, 2.24) is 15.3 Å². The molecular weight excluding hydrogens is 352 g/mol. The molecule has 1 atom stereocenters. The van der Waals surface area contributed by atoms with Crippen molar-refractivity contribution in [1.29, 1.82) is 0 Å². The van der Waals surface area contributed by atoms with E-state index in [0.717, 1.165) is 22.4 Å². The van der Waals surface area contributed by atoms with Gasteiger partial charge in [0.1, 0.15) is 6.04 Å². The number of carbonyl (C=O) groups is 2. The van der Waals surface area contributed by atoms with Gasteiger partial charge in [0.15, 0.2) is 0 Å². The lowest BCUT2D eigenvalue weighted by Crippen LogP contribution is -2.43. The Morgan fingerprint density at radius 1 is 1.11 bits per heavy atom. The topological polar surface area (TPSA) is 84.0 Å². The third-order valence-electron chi connectivity index (χ3n) is 4.82. The third-order valence-corrected chi connectivity index (χ3v) is 4.82. The lowest BCUT2D eigenvalue weighted by molar-refractivity contribution is -0.118. The number of rotatable bonds is 3.